The maximum atomic E-state index is 11.3. The second-order valence-electron chi connectivity index (χ2n) is 8.98. The molecule has 0 aliphatic rings. The Labute approximate surface area is 185 Å². The molecule has 30 heavy (non-hydrogen) atoms. The van der Waals surface area contributed by atoms with Gasteiger partial charge in [0, 0.05) is 0 Å². The van der Waals surface area contributed by atoms with Gasteiger partial charge in [-0.1, -0.05) is 122 Å². The first-order valence-corrected chi connectivity index (χ1v) is 12.8. The van der Waals surface area contributed by atoms with Crippen LogP contribution in [-0.4, -0.2) is 11.0 Å². The number of rotatable bonds is 20. The molecule has 1 rings (SSSR count). The third-order valence-corrected chi connectivity index (χ3v) is 6.15. The molecule has 0 heterocycles. The number of hydrogen-bond donors (Lipinski definition) is 2. The van der Waals surface area contributed by atoms with Crippen molar-refractivity contribution in [3.8, 4) is 5.75 Å². The van der Waals surface area contributed by atoms with Crippen molar-refractivity contribution < 1.29 is 9.90 Å². The second-order valence-corrected chi connectivity index (χ2v) is 8.98. The number of hydrogen-bond acceptors (Lipinski definition) is 2. The maximum Gasteiger partial charge on any atom is 0.252 e. The highest BCUT2D eigenvalue weighted by molar-refractivity contribution is 5.95. The van der Waals surface area contributed by atoms with Crippen molar-refractivity contribution in [3.05, 3.63) is 29.3 Å². The number of carbonyl (C=O) groups excluding carboxylic acids is 1. The molecule has 0 aliphatic carbocycles. The minimum absolute atomic E-state index is 0.0240. The van der Waals surface area contributed by atoms with E-state index in [1.165, 1.54) is 109 Å². The van der Waals surface area contributed by atoms with Gasteiger partial charge in [-0.15, -0.1) is 0 Å². The van der Waals surface area contributed by atoms with Crippen molar-refractivity contribution in [1.82, 2.24) is 0 Å². The number of benzene rings is 1. The van der Waals surface area contributed by atoms with Crippen LogP contribution in [0.3, 0.4) is 0 Å². The van der Waals surface area contributed by atoms with Crippen molar-refractivity contribution in [3.63, 3.8) is 0 Å². The fraction of sp³-hybridized carbons (Fsp3) is 0.741. The van der Waals surface area contributed by atoms with Crippen molar-refractivity contribution in [2.24, 2.45) is 5.73 Å². The Morgan fingerprint density at radius 3 is 1.50 bits per heavy atom. The molecule has 172 valence electrons. The molecule has 0 atom stereocenters. The molecule has 0 unspecified atom stereocenters. The number of amides is 1. The lowest BCUT2D eigenvalue weighted by Crippen LogP contribution is -2.11. The number of unbranched alkanes of at least 4 members (excludes halogenated alkanes) is 17. The summed E-state index contributed by atoms with van der Waals surface area (Å²) in [5, 5.41) is 9.63. The van der Waals surface area contributed by atoms with Crippen LogP contribution >= 0.6 is 0 Å². The third-order valence-electron chi connectivity index (χ3n) is 6.15. The summed E-state index contributed by atoms with van der Waals surface area (Å²) >= 11 is 0. The third kappa shape index (κ3) is 13.7. The average Bonchev–Trinajstić information content (AvgIpc) is 2.73. The van der Waals surface area contributed by atoms with Crippen molar-refractivity contribution in [1.29, 1.82) is 0 Å². The summed E-state index contributed by atoms with van der Waals surface area (Å²) in [6, 6.07) is 5.19. The van der Waals surface area contributed by atoms with Gasteiger partial charge in [0.25, 0.3) is 5.91 Å². The zero-order valence-corrected chi connectivity index (χ0v) is 19.6. The van der Waals surface area contributed by atoms with Crippen LogP contribution in [0.15, 0.2) is 18.2 Å². The molecule has 1 amide bonds. The van der Waals surface area contributed by atoms with Gasteiger partial charge in [0.1, 0.15) is 5.75 Å². The molecule has 0 aromatic heterocycles. The molecule has 0 fully saturated rings. The molecule has 0 saturated heterocycles. The quantitative estimate of drug-likeness (QED) is 0.211. The molecule has 1 aromatic rings. The van der Waals surface area contributed by atoms with Crippen LogP contribution in [0.25, 0.3) is 0 Å². The monoisotopic (exact) mass is 417 g/mol. The van der Waals surface area contributed by atoms with Crippen molar-refractivity contribution in [2.75, 3.05) is 0 Å². The number of phenols is 1. The van der Waals surface area contributed by atoms with Crippen molar-refractivity contribution in [2.45, 2.75) is 129 Å². The normalized spacial score (nSPS) is 11.1. The Morgan fingerprint density at radius 2 is 1.10 bits per heavy atom. The van der Waals surface area contributed by atoms with Crippen LogP contribution in [0.5, 0.6) is 5.75 Å². The number of carbonyl (C=O) groups is 1. The molecule has 3 heteroatoms. The fourth-order valence-corrected chi connectivity index (χ4v) is 4.17. The Kier molecular flexibility index (Phi) is 16.2. The molecule has 3 N–H and O–H groups in total. The van der Waals surface area contributed by atoms with Crippen LogP contribution in [0.4, 0.5) is 0 Å². The van der Waals surface area contributed by atoms with E-state index >= 15 is 0 Å². The van der Waals surface area contributed by atoms with Crippen LogP contribution < -0.4 is 5.73 Å². The van der Waals surface area contributed by atoms with E-state index in [0.717, 1.165) is 18.4 Å². The lowest BCUT2D eigenvalue weighted by Gasteiger charge is -2.06. The lowest BCUT2D eigenvalue weighted by atomic mass is 10.0. The SMILES string of the molecule is CCCCCCCCCCCCCCCCCCCCc1ccc(O)c(C(N)=O)c1. The zero-order chi connectivity index (χ0) is 21.9. The Hall–Kier alpha value is -1.51. The standard InChI is InChI=1S/C27H47NO2/c1-2-3-4-5-6-7-8-9-10-11-12-13-14-15-16-17-18-19-20-24-21-22-26(29)25(23-24)27(28)30/h21-23,29H,2-20H2,1H3,(H2,28,30). The molecule has 0 aliphatic heterocycles. The van der Waals surface area contributed by atoms with E-state index in [-0.39, 0.29) is 11.3 Å². The summed E-state index contributed by atoms with van der Waals surface area (Å²) < 4.78 is 0. The Morgan fingerprint density at radius 1 is 0.700 bits per heavy atom. The first-order chi connectivity index (χ1) is 14.6. The average molecular weight is 418 g/mol. The molecular formula is C27H47NO2. The second kappa shape index (κ2) is 18.3. The lowest BCUT2D eigenvalue weighted by molar-refractivity contribution is 0.0997. The highest BCUT2D eigenvalue weighted by atomic mass is 16.3. The predicted molar refractivity (Wildman–Crippen MR) is 129 cm³/mol. The van der Waals surface area contributed by atoms with E-state index in [2.05, 4.69) is 6.92 Å². The maximum absolute atomic E-state index is 11.3. The molecule has 0 radical (unpaired) electrons. The Bertz CT molecular complexity index is 556. The van der Waals surface area contributed by atoms with Gasteiger partial charge < -0.3 is 10.8 Å². The van der Waals surface area contributed by atoms with Gasteiger partial charge in [0.05, 0.1) is 5.56 Å². The topological polar surface area (TPSA) is 63.3 Å². The summed E-state index contributed by atoms with van der Waals surface area (Å²) in [6.07, 6.45) is 25.8. The van der Waals surface area contributed by atoms with Crippen LogP contribution in [0.2, 0.25) is 0 Å². The van der Waals surface area contributed by atoms with Crippen molar-refractivity contribution >= 4 is 5.91 Å². The van der Waals surface area contributed by atoms with Gasteiger partial charge in [0.2, 0.25) is 0 Å². The van der Waals surface area contributed by atoms with Gasteiger partial charge in [-0.2, -0.15) is 0 Å². The highest BCUT2D eigenvalue weighted by Crippen LogP contribution is 2.20. The molecule has 0 spiro atoms. The Balaban J connectivity index is 1.84. The number of aromatic hydroxyl groups is 1. The van der Waals surface area contributed by atoms with E-state index in [4.69, 9.17) is 5.73 Å². The van der Waals surface area contributed by atoms with Gasteiger partial charge in [0.15, 0.2) is 0 Å². The van der Waals surface area contributed by atoms with Crippen LogP contribution in [-0.2, 0) is 6.42 Å². The minimum Gasteiger partial charge on any atom is -0.507 e. The number of aryl methyl sites for hydroxylation is 1. The van der Waals surface area contributed by atoms with Gasteiger partial charge in [-0.25, -0.2) is 0 Å². The van der Waals surface area contributed by atoms with Crippen LogP contribution in [0, 0.1) is 0 Å². The van der Waals surface area contributed by atoms with E-state index in [9.17, 15) is 9.90 Å². The highest BCUT2D eigenvalue weighted by Gasteiger charge is 2.08. The molecule has 1 aromatic carbocycles. The summed E-state index contributed by atoms with van der Waals surface area (Å²) in [4.78, 5) is 11.3. The molecule has 0 bridgehead atoms. The molecular weight excluding hydrogens is 370 g/mol. The van der Waals surface area contributed by atoms with E-state index in [1.54, 1.807) is 12.1 Å². The summed E-state index contributed by atoms with van der Waals surface area (Å²) in [7, 11) is 0. The molecule has 0 saturated carbocycles. The molecule has 3 nitrogen and oxygen atoms in total. The first kappa shape index (κ1) is 26.5. The van der Waals surface area contributed by atoms with Gasteiger partial charge in [-0.05, 0) is 30.5 Å². The van der Waals surface area contributed by atoms with Gasteiger partial charge >= 0.3 is 0 Å². The van der Waals surface area contributed by atoms with Crippen LogP contribution in [0.1, 0.15) is 138 Å². The predicted octanol–water partition coefficient (Wildman–Crippen LogP) is 8.08. The van der Waals surface area contributed by atoms with E-state index in [0.29, 0.717) is 0 Å². The summed E-state index contributed by atoms with van der Waals surface area (Å²) in [5.41, 5.74) is 6.60. The van der Waals surface area contributed by atoms with Gasteiger partial charge in [-0.3, -0.25) is 4.79 Å². The first-order valence-electron chi connectivity index (χ1n) is 12.8. The summed E-state index contributed by atoms with van der Waals surface area (Å²) in [5.74, 6) is -0.587. The summed E-state index contributed by atoms with van der Waals surface area (Å²) in [6.45, 7) is 2.28. The number of primary amides is 1. The smallest absolute Gasteiger partial charge is 0.252 e. The number of nitrogens with two attached hydrogens (primary N) is 1. The largest absolute Gasteiger partial charge is 0.507 e. The van der Waals surface area contributed by atoms with E-state index < -0.39 is 5.91 Å². The minimum atomic E-state index is -0.563. The van der Waals surface area contributed by atoms with E-state index in [1.807, 2.05) is 6.07 Å². The zero-order valence-electron chi connectivity index (χ0n) is 19.6. The fourth-order valence-electron chi connectivity index (χ4n) is 4.17.